The van der Waals surface area contributed by atoms with Crippen molar-refractivity contribution in [3.63, 3.8) is 0 Å². The average Bonchev–Trinajstić information content (AvgIpc) is 2.46. The monoisotopic (exact) mass is 393 g/mol. The fraction of sp³-hybridized carbons (Fsp3) is 0.714. The van der Waals surface area contributed by atoms with E-state index in [0.29, 0.717) is 5.75 Å². The number of ether oxygens (including phenoxy) is 1. The normalized spacial score (nSPS) is 11.3. The number of alkyl halides is 2. The minimum absolute atomic E-state index is 0.336. The zero-order chi connectivity index (χ0) is 14.8. The van der Waals surface area contributed by atoms with E-state index in [2.05, 4.69) is 23.8 Å². The molecule has 0 N–H and O–H groups in total. The van der Waals surface area contributed by atoms with Crippen molar-refractivity contribution >= 4 is 23.6 Å². The zero-order valence-electron chi connectivity index (χ0n) is 12.2. The second-order valence-electron chi connectivity index (χ2n) is 4.76. The number of unbranched alkanes of at least 4 members (excludes halogenated alkanes) is 2. The first kappa shape index (κ1) is 17.6. The van der Waals surface area contributed by atoms with Crippen LogP contribution in [0.4, 0.5) is 8.78 Å². The topological polar surface area (TPSA) is 35.0 Å². The second-order valence-corrected chi connectivity index (χ2v) is 12.3. The summed E-state index contributed by atoms with van der Waals surface area (Å²) in [4.78, 5) is 8.74. The van der Waals surface area contributed by atoms with Crippen LogP contribution in [0.3, 0.4) is 0 Å². The molecule has 0 amide bonds. The van der Waals surface area contributed by atoms with Crippen LogP contribution in [0.1, 0.15) is 39.5 Å². The number of hydrogen-bond donors (Lipinski definition) is 0. The summed E-state index contributed by atoms with van der Waals surface area (Å²) in [6.45, 7) is 3.80. The molecule has 20 heavy (non-hydrogen) atoms. The molecule has 0 aliphatic rings. The van der Waals surface area contributed by atoms with Gasteiger partial charge >= 0.3 is 127 Å². The molecule has 0 unspecified atom stereocenters. The predicted octanol–water partition coefficient (Wildman–Crippen LogP) is 3.42. The predicted molar refractivity (Wildman–Crippen MR) is 78.3 cm³/mol. The first-order chi connectivity index (χ1) is 9.67. The van der Waals surface area contributed by atoms with E-state index in [1.165, 1.54) is 34.6 Å². The quantitative estimate of drug-likeness (QED) is 0.573. The molecule has 0 fully saturated rings. The number of nitrogens with zero attached hydrogens (tertiary/aromatic N) is 2. The summed E-state index contributed by atoms with van der Waals surface area (Å²) >= 11 is -1.73. The molecule has 0 spiro atoms. The van der Waals surface area contributed by atoms with Gasteiger partial charge in [0.2, 0.25) is 0 Å². The maximum atomic E-state index is 12.1. The summed E-state index contributed by atoms with van der Waals surface area (Å²) in [6, 6.07) is 0. The zero-order valence-corrected chi connectivity index (χ0v) is 15.1. The molecule has 1 aromatic heterocycles. The van der Waals surface area contributed by atoms with Crippen molar-refractivity contribution in [2.75, 3.05) is 6.61 Å². The van der Waals surface area contributed by atoms with Crippen molar-refractivity contribution in [3.8, 4) is 5.75 Å². The number of rotatable bonds is 10. The van der Waals surface area contributed by atoms with Crippen LogP contribution in [0.25, 0.3) is 0 Å². The van der Waals surface area contributed by atoms with Crippen LogP contribution in [0.2, 0.25) is 8.87 Å². The van der Waals surface area contributed by atoms with Crippen LogP contribution < -0.4 is 8.58 Å². The standard InChI is InChI=1S/C6H5F2N2O.2C4H9.Sn/c7-6(8)3-11-5-1-9-4-10-2-5;2*1-3-4-2;/h1-2,6H,3H2;2*1,3-4H2,2H3;. The van der Waals surface area contributed by atoms with Crippen LogP contribution in [0.5, 0.6) is 5.75 Å². The van der Waals surface area contributed by atoms with Gasteiger partial charge < -0.3 is 0 Å². The molecule has 0 aliphatic carbocycles. The van der Waals surface area contributed by atoms with E-state index in [0.717, 1.165) is 3.84 Å². The molecule has 0 atom stereocenters. The summed E-state index contributed by atoms with van der Waals surface area (Å²) in [7, 11) is 0. The number of aromatic nitrogens is 2. The Kier molecular flexibility index (Phi) is 9.05. The van der Waals surface area contributed by atoms with Gasteiger partial charge in [-0.1, -0.05) is 0 Å². The summed E-state index contributed by atoms with van der Waals surface area (Å²) in [6.07, 6.45) is 5.51. The molecular weight excluding hydrogens is 369 g/mol. The molecule has 0 saturated heterocycles. The van der Waals surface area contributed by atoms with E-state index in [-0.39, 0.29) is 0 Å². The molecule has 1 heterocycles. The third-order valence-electron chi connectivity index (χ3n) is 2.98. The Morgan fingerprint density at radius 2 is 1.65 bits per heavy atom. The van der Waals surface area contributed by atoms with E-state index >= 15 is 0 Å². The Labute approximate surface area is 126 Å². The van der Waals surface area contributed by atoms with Crippen molar-refractivity contribution in [1.29, 1.82) is 0 Å². The first-order valence-corrected chi connectivity index (χ1v) is 12.7. The van der Waals surface area contributed by atoms with Crippen LogP contribution in [-0.2, 0) is 0 Å². The van der Waals surface area contributed by atoms with Crippen molar-refractivity contribution in [2.24, 2.45) is 0 Å². The van der Waals surface area contributed by atoms with Crippen molar-refractivity contribution in [2.45, 2.75) is 54.8 Å². The Hall–Kier alpha value is -0.461. The third-order valence-corrected chi connectivity index (χ3v) is 11.0. The van der Waals surface area contributed by atoms with Gasteiger partial charge in [0.1, 0.15) is 0 Å². The Morgan fingerprint density at radius 3 is 2.10 bits per heavy atom. The van der Waals surface area contributed by atoms with Crippen LogP contribution >= 0.6 is 0 Å². The van der Waals surface area contributed by atoms with Gasteiger partial charge in [0, 0.05) is 0 Å². The van der Waals surface area contributed by atoms with Crippen molar-refractivity contribution in [1.82, 2.24) is 9.97 Å². The van der Waals surface area contributed by atoms with E-state index in [1.54, 1.807) is 12.4 Å². The van der Waals surface area contributed by atoms with Crippen molar-refractivity contribution < 1.29 is 13.5 Å². The molecule has 0 aliphatic heterocycles. The Bertz CT molecular complexity index is 355. The molecular formula is C14H23F2N2OSn. The van der Waals surface area contributed by atoms with E-state index in [1.807, 2.05) is 0 Å². The van der Waals surface area contributed by atoms with Crippen LogP contribution in [0.15, 0.2) is 12.4 Å². The SMILES string of the molecule is CCC[CH2][Sn]([CH2]CCC)[c]1ncc(OCC(F)F)cn1. The average molecular weight is 392 g/mol. The molecule has 0 aromatic carbocycles. The maximum absolute atomic E-state index is 12.1. The Balaban J connectivity index is 2.61. The number of halogens is 2. The second kappa shape index (κ2) is 10.3. The van der Waals surface area contributed by atoms with Gasteiger partial charge in [0.25, 0.3) is 0 Å². The molecule has 3 nitrogen and oxygen atoms in total. The molecule has 113 valence electrons. The third kappa shape index (κ3) is 6.81. The van der Waals surface area contributed by atoms with E-state index in [9.17, 15) is 8.78 Å². The van der Waals surface area contributed by atoms with Gasteiger partial charge in [-0.25, -0.2) is 0 Å². The van der Waals surface area contributed by atoms with Gasteiger partial charge in [0.15, 0.2) is 0 Å². The summed E-state index contributed by atoms with van der Waals surface area (Å²) in [5, 5.41) is 0. The molecule has 1 radical (unpaired) electrons. The van der Waals surface area contributed by atoms with Gasteiger partial charge in [0.05, 0.1) is 0 Å². The summed E-state index contributed by atoms with van der Waals surface area (Å²) in [5.41, 5.74) is 0. The fourth-order valence-electron chi connectivity index (χ4n) is 1.86. The summed E-state index contributed by atoms with van der Waals surface area (Å²) in [5.74, 6) is 0.336. The fourth-order valence-corrected chi connectivity index (χ4v) is 9.72. The van der Waals surface area contributed by atoms with Crippen LogP contribution in [0, 0.1) is 0 Å². The van der Waals surface area contributed by atoms with Gasteiger partial charge in [-0.15, -0.1) is 0 Å². The van der Waals surface area contributed by atoms with Gasteiger partial charge in [-0.05, 0) is 0 Å². The molecule has 1 rings (SSSR count). The van der Waals surface area contributed by atoms with Gasteiger partial charge in [-0.3, -0.25) is 0 Å². The Morgan fingerprint density at radius 1 is 1.10 bits per heavy atom. The van der Waals surface area contributed by atoms with Crippen molar-refractivity contribution in [3.05, 3.63) is 12.4 Å². The molecule has 1 aromatic rings. The molecule has 0 bridgehead atoms. The molecule has 0 saturated carbocycles. The molecule has 6 heteroatoms. The van der Waals surface area contributed by atoms with Crippen LogP contribution in [-0.4, -0.2) is 42.8 Å². The first-order valence-electron chi connectivity index (χ1n) is 7.25. The minimum atomic E-state index is -2.46. The summed E-state index contributed by atoms with van der Waals surface area (Å²) < 4.78 is 32.6. The number of hydrogen-bond acceptors (Lipinski definition) is 3. The van der Waals surface area contributed by atoms with E-state index < -0.39 is 32.8 Å². The van der Waals surface area contributed by atoms with Gasteiger partial charge in [-0.2, -0.15) is 0 Å². The van der Waals surface area contributed by atoms with E-state index in [4.69, 9.17) is 4.74 Å².